The summed E-state index contributed by atoms with van der Waals surface area (Å²) in [7, 11) is 0. The summed E-state index contributed by atoms with van der Waals surface area (Å²) in [5, 5.41) is 0. The lowest BCUT2D eigenvalue weighted by molar-refractivity contribution is -0.138. The molecule has 0 saturated carbocycles. The Balaban J connectivity index is 2.31. The minimum absolute atomic E-state index is 0.0728. The van der Waals surface area contributed by atoms with Gasteiger partial charge in [-0.15, -0.1) is 0 Å². The van der Waals surface area contributed by atoms with Gasteiger partial charge < -0.3 is 4.90 Å². The molecule has 118 valence electrons. The molecular weight excluding hydrogens is 359 g/mol. The van der Waals surface area contributed by atoms with Crippen molar-refractivity contribution < 1.29 is 22.0 Å². The molecule has 0 N–H and O–H groups in total. The Labute approximate surface area is 127 Å². The van der Waals surface area contributed by atoms with Gasteiger partial charge in [-0.1, -0.05) is 0 Å². The number of alkyl halides is 5. The first kappa shape index (κ1) is 16.5. The number of aryl methyl sites for hydroxylation is 1. The minimum Gasteiger partial charge on any atom is -0.355 e. The van der Waals surface area contributed by atoms with Crippen LogP contribution in [0, 0.1) is 6.92 Å². The van der Waals surface area contributed by atoms with E-state index in [9.17, 15) is 22.0 Å². The molecule has 0 bridgehead atoms. The van der Waals surface area contributed by atoms with Crippen molar-refractivity contribution in [3.63, 3.8) is 0 Å². The fourth-order valence-electron chi connectivity index (χ4n) is 2.35. The van der Waals surface area contributed by atoms with Gasteiger partial charge in [0.15, 0.2) is 0 Å². The van der Waals surface area contributed by atoms with Crippen LogP contribution in [0.2, 0.25) is 0 Å². The topological polar surface area (TPSA) is 16.1 Å². The van der Waals surface area contributed by atoms with Crippen LogP contribution in [0.3, 0.4) is 0 Å². The predicted octanol–water partition coefficient (Wildman–Crippen LogP) is 4.80. The molecule has 2 rings (SSSR count). The highest BCUT2D eigenvalue weighted by atomic mass is 79.9. The lowest BCUT2D eigenvalue weighted by atomic mass is 10.1. The summed E-state index contributed by atoms with van der Waals surface area (Å²) in [6.07, 6.45) is -4.73. The Morgan fingerprint density at radius 1 is 1.24 bits per heavy atom. The third kappa shape index (κ3) is 3.84. The molecule has 2 heterocycles. The maximum atomic E-state index is 13.3. The fourth-order valence-corrected chi connectivity index (χ4v) is 2.92. The van der Waals surface area contributed by atoms with E-state index in [-0.39, 0.29) is 36.0 Å². The Morgan fingerprint density at radius 3 is 2.52 bits per heavy atom. The van der Waals surface area contributed by atoms with E-state index in [0.29, 0.717) is 12.4 Å². The fraction of sp³-hybridized carbons (Fsp3) is 0.615. The molecule has 8 heteroatoms. The van der Waals surface area contributed by atoms with Gasteiger partial charge in [0, 0.05) is 25.9 Å². The van der Waals surface area contributed by atoms with Crippen molar-refractivity contribution in [1.29, 1.82) is 0 Å². The third-order valence-electron chi connectivity index (χ3n) is 3.47. The van der Waals surface area contributed by atoms with E-state index in [1.807, 2.05) is 0 Å². The Kier molecular flexibility index (Phi) is 4.46. The summed E-state index contributed by atoms with van der Waals surface area (Å²) in [5.74, 6) is -2.43. The lowest BCUT2D eigenvalue weighted by Crippen LogP contribution is -2.27. The zero-order chi connectivity index (χ0) is 15.8. The molecule has 1 aliphatic rings. The average molecular weight is 373 g/mol. The minimum atomic E-state index is -4.48. The lowest BCUT2D eigenvalue weighted by Gasteiger charge is -2.24. The van der Waals surface area contributed by atoms with E-state index < -0.39 is 17.7 Å². The van der Waals surface area contributed by atoms with Gasteiger partial charge in [0.05, 0.1) is 15.7 Å². The van der Waals surface area contributed by atoms with Gasteiger partial charge in [0.1, 0.15) is 5.82 Å². The number of hydrogen-bond acceptors (Lipinski definition) is 2. The standard InChI is InChI=1S/C13H14BrF5N2/c1-8-9(13(17,18)19)7-10(14)11(20-8)21-5-2-3-12(15,16)4-6-21/h7H,2-6H2,1H3. The summed E-state index contributed by atoms with van der Waals surface area (Å²) in [6, 6.07) is 0.959. The van der Waals surface area contributed by atoms with Gasteiger partial charge in [-0.2, -0.15) is 13.2 Å². The number of nitrogens with zero attached hydrogens (tertiary/aromatic N) is 2. The second-order valence-electron chi connectivity index (χ2n) is 5.12. The van der Waals surface area contributed by atoms with Gasteiger partial charge in [-0.05, 0) is 35.3 Å². The summed E-state index contributed by atoms with van der Waals surface area (Å²) in [4.78, 5) is 5.58. The van der Waals surface area contributed by atoms with Gasteiger partial charge in [-0.25, -0.2) is 13.8 Å². The quantitative estimate of drug-likeness (QED) is 0.658. The van der Waals surface area contributed by atoms with Crippen LogP contribution in [-0.4, -0.2) is 24.0 Å². The molecule has 0 aromatic carbocycles. The highest BCUT2D eigenvalue weighted by Gasteiger charge is 2.36. The zero-order valence-corrected chi connectivity index (χ0v) is 12.9. The van der Waals surface area contributed by atoms with Crippen LogP contribution in [-0.2, 0) is 6.18 Å². The SMILES string of the molecule is Cc1nc(N2CCCC(F)(F)CC2)c(Br)cc1C(F)(F)F. The van der Waals surface area contributed by atoms with Crippen LogP contribution in [0.25, 0.3) is 0 Å². The molecule has 2 nitrogen and oxygen atoms in total. The molecule has 1 aliphatic heterocycles. The summed E-state index contributed by atoms with van der Waals surface area (Å²) >= 11 is 3.07. The molecule has 1 aromatic heterocycles. The summed E-state index contributed by atoms with van der Waals surface area (Å²) in [5.41, 5.74) is -0.977. The third-order valence-corrected chi connectivity index (χ3v) is 4.05. The first-order valence-electron chi connectivity index (χ1n) is 6.47. The van der Waals surface area contributed by atoms with E-state index in [4.69, 9.17) is 0 Å². The number of anilines is 1. The van der Waals surface area contributed by atoms with Crippen molar-refractivity contribution in [1.82, 2.24) is 4.98 Å². The number of hydrogen-bond donors (Lipinski definition) is 0. The molecule has 0 radical (unpaired) electrons. The molecule has 0 atom stereocenters. The van der Waals surface area contributed by atoms with Gasteiger partial charge in [-0.3, -0.25) is 0 Å². The predicted molar refractivity (Wildman–Crippen MR) is 72.7 cm³/mol. The van der Waals surface area contributed by atoms with Crippen LogP contribution in [0.5, 0.6) is 0 Å². The molecule has 0 aliphatic carbocycles. The molecule has 1 fully saturated rings. The second kappa shape index (κ2) is 5.70. The maximum Gasteiger partial charge on any atom is 0.418 e. The maximum absolute atomic E-state index is 13.3. The highest BCUT2D eigenvalue weighted by Crippen LogP contribution is 2.37. The van der Waals surface area contributed by atoms with Gasteiger partial charge in [0.2, 0.25) is 5.92 Å². The molecule has 1 saturated heterocycles. The van der Waals surface area contributed by atoms with Crippen LogP contribution < -0.4 is 4.90 Å². The smallest absolute Gasteiger partial charge is 0.355 e. The molecule has 21 heavy (non-hydrogen) atoms. The van der Waals surface area contributed by atoms with Gasteiger partial charge >= 0.3 is 6.18 Å². The number of rotatable bonds is 1. The van der Waals surface area contributed by atoms with Crippen molar-refractivity contribution >= 4 is 21.7 Å². The Morgan fingerprint density at radius 2 is 1.90 bits per heavy atom. The number of aromatic nitrogens is 1. The second-order valence-corrected chi connectivity index (χ2v) is 5.98. The molecule has 0 spiro atoms. The highest BCUT2D eigenvalue weighted by molar-refractivity contribution is 9.10. The molecular formula is C13H14BrF5N2. The Bertz CT molecular complexity index is 530. The molecule has 1 aromatic rings. The van der Waals surface area contributed by atoms with E-state index in [1.54, 1.807) is 4.90 Å². The van der Waals surface area contributed by atoms with Crippen molar-refractivity contribution in [3.8, 4) is 0 Å². The van der Waals surface area contributed by atoms with Crippen molar-refractivity contribution in [2.75, 3.05) is 18.0 Å². The first-order chi connectivity index (χ1) is 9.60. The average Bonchev–Trinajstić information content (AvgIpc) is 2.51. The summed E-state index contributed by atoms with van der Waals surface area (Å²) < 4.78 is 65.3. The largest absolute Gasteiger partial charge is 0.418 e. The van der Waals surface area contributed by atoms with Crippen LogP contribution in [0.1, 0.15) is 30.5 Å². The molecule has 0 amide bonds. The van der Waals surface area contributed by atoms with Crippen molar-refractivity contribution in [3.05, 3.63) is 21.8 Å². The monoisotopic (exact) mass is 372 g/mol. The van der Waals surface area contributed by atoms with E-state index >= 15 is 0 Å². The van der Waals surface area contributed by atoms with E-state index in [1.165, 1.54) is 6.92 Å². The number of pyridine rings is 1. The van der Waals surface area contributed by atoms with Crippen LogP contribution in [0.4, 0.5) is 27.8 Å². The summed E-state index contributed by atoms with van der Waals surface area (Å²) in [6.45, 7) is 1.70. The normalized spacial score (nSPS) is 19.5. The molecule has 0 unspecified atom stereocenters. The van der Waals surface area contributed by atoms with Crippen molar-refractivity contribution in [2.45, 2.75) is 38.3 Å². The van der Waals surface area contributed by atoms with Crippen LogP contribution in [0.15, 0.2) is 10.5 Å². The van der Waals surface area contributed by atoms with E-state index in [2.05, 4.69) is 20.9 Å². The van der Waals surface area contributed by atoms with E-state index in [0.717, 1.165) is 6.07 Å². The zero-order valence-electron chi connectivity index (χ0n) is 11.3. The van der Waals surface area contributed by atoms with Gasteiger partial charge in [0.25, 0.3) is 0 Å². The van der Waals surface area contributed by atoms with Crippen molar-refractivity contribution in [2.24, 2.45) is 0 Å². The van der Waals surface area contributed by atoms with Crippen LogP contribution >= 0.6 is 15.9 Å². The first-order valence-corrected chi connectivity index (χ1v) is 7.26. The Hall–Kier alpha value is -0.920. The number of halogens is 6.